The summed E-state index contributed by atoms with van der Waals surface area (Å²) >= 11 is 0. The zero-order chi connectivity index (χ0) is 15.2. The van der Waals surface area contributed by atoms with Gasteiger partial charge in [0.25, 0.3) is 0 Å². The van der Waals surface area contributed by atoms with E-state index in [1.54, 1.807) is 0 Å². The monoisotopic (exact) mass is 306 g/mol. The SMILES string of the molecule is CCN1CCO[C@@H](CNCc2cccc3c2OCCCO3)C1. The molecule has 1 aromatic rings. The maximum absolute atomic E-state index is 5.85. The minimum absolute atomic E-state index is 0.271. The van der Waals surface area contributed by atoms with Gasteiger partial charge in [-0.05, 0) is 12.6 Å². The quantitative estimate of drug-likeness (QED) is 0.896. The summed E-state index contributed by atoms with van der Waals surface area (Å²) in [7, 11) is 0. The minimum atomic E-state index is 0.271. The highest BCUT2D eigenvalue weighted by molar-refractivity contribution is 5.47. The van der Waals surface area contributed by atoms with Crippen molar-refractivity contribution in [3.05, 3.63) is 23.8 Å². The molecule has 1 atom stereocenters. The lowest BCUT2D eigenvalue weighted by atomic mass is 10.1. The lowest BCUT2D eigenvalue weighted by molar-refractivity contribution is -0.0253. The van der Waals surface area contributed by atoms with Crippen LogP contribution in [-0.2, 0) is 11.3 Å². The van der Waals surface area contributed by atoms with Gasteiger partial charge in [-0.3, -0.25) is 4.90 Å². The molecule has 22 heavy (non-hydrogen) atoms. The number of para-hydroxylation sites is 1. The third-order valence-electron chi connectivity index (χ3n) is 4.21. The van der Waals surface area contributed by atoms with Crippen LogP contribution >= 0.6 is 0 Å². The van der Waals surface area contributed by atoms with Crippen molar-refractivity contribution in [3.8, 4) is 11.5 Å². The molecule has 2 aliphatic rings. The summed E-state index contributed by atoms with van der Waals surface area (Å²) in [4.78, 5) is 2.43. The molecular formula is C17H26N2O3. The minimum Gasteiger partial charge on any atom is -0.490 e. The van der Waals surface area contributed by atoms with Crippen LogP contribution in [0.2, 0.25) is 0 Å². The summed E-state index contributed by atoms with van der Waals surface area (Å²) in [5.74, 6) is 1.76. The zero-order valence-corrected chi connectivity index (χ0v) is 13.3. The van der Waals surface area contributed by atoms with Crippen molar-refractivity contribution in [2.45, 2.75) is 26.0 Å². The van der Waals surface area contributed by atoms with Crippen molar-refractivity contribution in [1.82, 2.24) is 10.2 Å². The number of nitrogens with one attached hydrogen (secondary N) is 1. The van der Waals surface area contributed by atoms with E-state index in [2.05, 4.69) is 23.2 Å². The van der Waals surface area contributed by atoms with Crippen LogP contribution in [0.1, 0.15) is 18.9 Å². The Bertz CT molecular complexity index is 481. The highest BCUT2D eigenvalue weighted by atomic mass is 16.5. The van der Waals surface area contributed by atoms with Crippen molar-refractivity contribution >= 4 is 0 Å². The molecule has 0 spiro atoms. The summed E-state index contributed by atoms with van der Waals surface area (Å²) in [6, 6.07) is 6.11. The van der Waals surface area contributed by atoms with Crippen LogP contribution in [0.15, 0.2) is 18.2 Å². The van der Waals surface area contributed by atoms with Gasteiger partial charge in [-0.2, -0.15) is 0 Å². The zero-order valence-electron chi connectivity index (χ0n) is 13.3. The fraction of sp³-hybridized carbons (Fsp3) is 0.647. The van der Waals surface area contributed by atoms with Crippen LogP contribution in [-0.4, -0.2) is 57.0 Å². The molecule has 5 heteroatoms. The molecular weight excluding hydrogens is 280 g/mol. The van der Waals surface area contributed by atoms with Gasteiger partial charge in [0, 0.05) is 38.2 Å². The Balaban J connectivity index is 1.53. The fourth-order valence-electron chi connectivity index (χ4n) is 2.95. The highest BCUT2D eigenvalue weighted by Gasteiger charge is 2.19. The van der Waals surface area contributed by atoms with E-state index in [0.717, 1.165) is 76.0 Å². The molecule has 3 rings (SSSR count). The Labute approximate surface area is 132 Å². The highest BCUT2D eigenvalue weighted by Crippen LogP contribution is 2.33. The summed E-state index contributed by atoms with van der Waals surface area (Å²) in [6.07, 6.45) is 1.21. The van der Waals surface area contributed by atoms with Crippen molar-refractivity contribution in [1.29, 1.82) is 0 Å². The summed E-state index contributed by atoms with van der Waals surface area (Å²) < 4.78 is 17.4. The predicted octanol–water partition coefficient (Wildman–Crippen LogP) is 1.66. The van der Waals surface area contributed by atoms with Gasteiger partial charge in [0.2, 0.25) is 0 Å². The van der Waals surface area contributed by atoms with E-state index in [-0.39, 0.29) is 6.10 Å². The number of hydrogen-bond acceptors (Lipinski definition) is 5. The molecule has 5 nitrogen and oxygen atoms in total. The van der Waals surface area contributed by atoms with Crippen molar-refractivity contribution < 1.29 is 14.2 Å². The predicted molar refractivity (Wildman–Crippen MR) is 85.6 cm³/mol. The maximum Gasteiger partial charge on any atom is 0.165 e. The van der Waals surface area contributed by atoms with Gasteiger partial charge >= 0.3 is 0 Å². The number of likely N-dealkylation sites (N-methyl/N-ethyl adjacent to an activating group) is 1. The normalized spacial score (nSPS) is 22.3. The first-order chi connectivity index (χ1) is 10.9. The molecule has 0 aromatic heterocycles. The van der Waals surface area contributed by atoms with E-state index in [0.29, 0.717) is 0 Å². The van der Waals surface area contributed by atoms with E-state index in [1.807, 2.05) is 12.1 Å². The maximum atomic E-state index is 5.85. The van der Waals surface area contributed by atoms with E-state index in [1.165, 1.54) is 0 Å². The van der Waals surface area contributed by atoms with Crippen LogP contribution < -0.4 is 14.8 Å². The average molecular weight is 306 g/mol. The number of nitrogens with zero attached hydrogens (tertiary/aromatic N) is 1. The molecule has 1 N–H and O–H groups in total. The van der Waals surface area contributed by atoms with Gasteiger partial charge in [0.1, 0.15) is 0 Å². The number of hydrogen-bond donors (Lipinski definition) is 1. The summed E-state index contributed by atoms with van der Waals surface area (Å²) in [5, 5.41) is 3.50. The Morgan fingerprint density at radius 2 is 2.14 bits per heavy atom. The number of rotatable bonds is 5. The van der Waals surface area contributed by atoms with E-state index < -0.39 is 0 Å². The molecule has 0 aliphatic carbocycles. The topological polar surface area (TPSA) is 43.0 Å². The molecule has 0 amide bonds. The molecule has 0 radical (unpaired) electrons. The molecule has 0 saturated carbocycles. The first-order valence-corrected chi connectivity index (χ1v) is 8.29. The van der Waals surface area contributed by atoms with E-state index >= 15 is 0 Å². The van der Waals surface area contributed by atoms with Crippen LogP contribution in [0.4, 0.5) is 0 Å². The Morgan fingerprint density at radius 1 is 1.23 bits per heavy atom. The van der Waals surface area contributed by atoms with Gasteiger partial charge in [-0.15, -0.1) is 0 Å². The van der Waals surface area contributed by atoms with Crippen molar-refractivity contribution in [2.24, 2.45) is 0 Å². The van der Waals surface area contributed by atoms with Crippen LogP contribution in [0.3, 0.4) is 0 Å². The third-order valence-corrected chi connectivity index (χ3v) is 4.21. The van der Waals surface area contributed by atoms with Crippen LogP contribution in [0.5, 0.6) is 11.5 Å². The van der Waals surface area contributed by atoms with Crippen molar-refractivity contribution in [2.75, 3.05) is 46.0 Å². The Morgan fingerprint density at radius 3 is 3.05 bits per heavy atom. The van der Waals surface area contributed by atoms with Crippen LogP contribution in [0.25, 0.3) is 0 Å². The molecule has 1 fully saturated rings. The third kappa shape index (κ3) is 3.91. The second-order valence-electron chi connectivity index (χ2n) is 5.81. The molecule has 1 saturated heterocycles. The second kappa shape index (κ2) is 7.81. The first-order valence-electron chi connectivity index (χ1n) is 8.29. The van der Waals surface area contributed by atoms with Gasteiger partial charge in [-0.1, -0.05) is 19.1 Å². The number of morpholine rings is 1. The molecule has 122 valence electrons. The molecule has 0 unspecified atom stereocenters. The summed E-state index contributed by atoms with van der Waals surface area (Å²) in [6.45, 7) is 9.27. The lowest BCUT2D eigenvalue weighted by Gasteiger charge is -2.32. The average Bonchev–Trinajstić information content (AvgIpc) is 2.81. The molecule has 2 aliphatic heterocycles. The van der Waals surface area contributed by atoms with Gasteiger partial charge in [-0.25, -0.2) is 0 Å². The number of benzene rings is 1. The Kier molecular flexibility index (Phi) is 5.53. The van der Waals surface area contributed by atoms with E-state index in [9.17, 15) is 0 Å². The number of ether oxygens (including phenoxy) is 3. The first kappa shape index (κ1) is 15.6. The second-order valence-corrected chi connectivity index (χ2v) is 5.81. The summed E-state index contributed by atoms with van der Waals surface area (Å²) in [5.41, 5.74) is 1.16. The Hall–Kier alpha value is -1.30. The van der Waals surface area contributed by atoms with Crippen molar-refractivity contribution in [3.63, 3.8) is 0 Å². The molecule has 2 heterocycles. The standard InChI is InChI=1S/C17H26N2O3/c1-2-19-7-10-20-15(13-19)12-18-11-14-5-3-6-16-17(14)22-9-4-8-21-16/h3,5-6,15,18H,2,4,7-13H2,1H3/t15-/m0/s1. The lowest BCUT2D eigenvalue weighted by Crippen LogP contribution is -2.46. The fourth-order valence-corrected chi connectivity index (χ4v) is 2.95. The van der Waals surface area contributed by atoms with Gasteiger partial charge in [0.05, 0.1) is 25.9 Å². The van der Waals surface area contributed by atoms with E-state index in [4.69, 9.17) is 14.2 Å². The largest absolute Gasteiger partial charge is 0.490 e. The molecule has 0 bridgehead atoms. The molecule has 1 aromatic carbocycles. The van der Waals surface area contributed by atoms with Gasteiger partial charge < -0.3 is 19.5 Å². The van der Waals surface area contributed by atoms with Gasteiger partial charge in [0.15, 0.2) is 11.5 Å². The smallest absolute Gasteiger partial charge is 0.165 e. The number of fused-ring (bicyclic) bond motifs is 1. The van der Waals surface area contributed by atoms with Crippen LogP contribution in [0, 0.1) is 0 Å².